The van der Waals surface area contributed by atoms with E-state index in [9.17, 15) is 4.79 Å². The average Bonchev–Trinajstić information content (AvgIpc) is 2.91. The molecule has 4 nitrogen and oxygen atoms in total. The highest BCUT2D eigenvalue weighted by atomic mass is 32.1. The van der Waals surface area contributed by atoms with Crippen LogP contribution in [0, 0.1) is 18.3 Å². The Labute approximate surface area is 135 Å². The summed E-state index contributed by atoms with van der Waals surface area (Å²) < 4.78 is 0. The van der Waals surface area contributed by atoms with Crippen molar-refractivity contribution >= 4 is 22.9 Å². The number of carbonyl (C=O) groups is 1. The fourth-order valence-electron chi connectivity index (χ4n) is 2.13. The lowest BCUT2D eigenvalue weighted by Crippen LogP contribution is -3.12. The highest BCUT2D eigenvalue weighted by Gasteiger charge is 2.22. The predicted molar refractivity (Wildman–Crippen MR) is 88.9 cm³/mol. The van der Waals surface area contributed by atoms with E-state index in [0.717, 1.165) is 11.4 Å². The molecule has 2 rings (SSSR count). The minimum absolute atomic E-state index is 0.0400. The number of amides is 1. The van der Waals surface area contributed by atoms with Crippen LogP contribution in [0.2, 0.25) is 0 Å². The third-order valence-electron chi connectivity index (χ3n) is 3.80. The number of nitrogens with one attached hydrogen (secondary N) is 2. The van der Waals surface area contributed by atoms with Crippen molar-refractivity contribution < 1.29 is 9.69 Å². The Morgan fingerprint density at radius 3 is 2.86 bits per heavy atom. The highest BCUT2D eigenvalue weighted by Crippen LogP contribution is 2.14. The fourth-order valence-corrected chi connectivity index (χ4v) is 3.13. The largest absolute Gasteiger partial charge is 0.323 e. The molecule has 0 aliphatic carbocycles. The van der Waals surface area contributed by atoms with Gasteiger partial charge in [0.1, 0.15) is 6.54 Å². The predicted octanol–water partition coefficient (Wildman–Crippen LogP) is 1.97. The Hall–Kier alpha value is -2.16. The number of thiophene rings is 1. The molecule has 1 aromatic heterocycles. The topological polar surface area (TPSA) is 57.3 Å². The average molecular weight is 314 g/mol. The molecule has 0 spiro atoms. The first-order valence-electron chi connectivity index (χ1n) is 7.17. The molecule has 0 radical (unpaired) electrons. The molecule has 0 bridgehead atoms. The maximum Gasteiger partial charge on any atom is 0.282 e. The minimum atomic E-state index is -0.174. The van der Waals surface area contributed by atoms with Gasteiger partial charge in [0.2, 0.25) is 0 Å². The number of carbonyl (C=O) groups excluding carboxylic acids is 1. The van der Waals surface area contributed by atoms with E-state index < -0.39 is 0 Å². The van der Waals surface area contributed by atoms with E-state index in [1.54, 1.807) is 35.6 Å². The second-order valence-corrected chi connectivity index (χ2v) is 6.45. The number of hydrogen-bond acceptors (Lipinski definition) is 3. The molecule has 2 N–H and O–H groups in total. The normalized spacial score (nSPS) is 13.2. The number of quaternary nitrogens is 1. The number of benzene rings is 1. The quantitative estimate of drug-likeness (QED) is 0.886. The van der Waals surface area contributed by atoms with E-state index in [-0.39, 0.29) is 11.9 Å². The summed E-state index contributed by atoms with van der Waals surface area (Å²) in [5.74, 6) is -0.0400. The SMILES string of the molecule is Cc1ccsc1C[NH+](C)[C@H](C)C(=O)Nc1cccc(C#N)c1. The fraction of sp³-hybridized carbons (Fsp3) is 0.294. The van der Waals surface area contributed by atoms with E-state index >= 15 is 0 Å². The van der Waals surface area contributed by atoms with Gasteiger partial charge in [0.15, 0.2) is 6.04 Å². The lowest BCUT2D eigenvalue weighted by Gasteiger charge is -2.21. The molecule has 1 heterocycles. The van der Waals surface area contributed by atoms with Crippen molar-refractivity contribution in [1.29, 1.82) is 5.26 Å². The van der Waals surface area contributed by atoms with Crippen LogP contribution < -0.4 is 10.2 Å². The summed E-state index contributed by atoms with van der Waals surface area (Å²) in [4.78, 5) is 14.8. The van der Waals surface area contributed by atoms with Crippen LogP contribution in [0.4, 0.5) is 5.69 Å². The zero-order valence-corrected chi connectivity index (χ0v) is 13.8. The Balaban J connectivity index is 1.99. The molecule has 0 aliphatic heterocycles. The Morgan fingerprint density at radius 1 is 1.45 bits per heavy atom. The number of anilines is 1. The van der Waals surface area contributed by atoms with Crippen LogP contribution in [-0.2, 0) is 11.3 Å². The van der Waals surface area contributed by atoms with E-state index in [1.165, 1.54) is 10.4 Å². The molecule has 1 amide bonds. The lowest BCUT2D eigenvalue weighted by atomic mass is 10.2. The van der Waals surface area contributed by atoms with E-state index in [2.05, 4.69) is 29.8 Å². The Kier molecular flexibility index (Phi) is 5.31. The van der Waals surface area contributed by atoms with Crippen LogP contribution in [-0.4, -0.2) is 19.0 Å². The van der Waals surface area contributed by atoms with E-state index in [1.807, 2.05) is 14.0 Å². The van der Waals surface area contributed by atoms with Gasteiger partial charge in [-0.1, -0.05) is 6.07 Å². The number of aryl methyl sites for hydroxylation is 1. The molecular weight excluding hydrogens is 294 g/mol. The molecule has 0 aliphatic rings. The van der Waals surface area contributed by atoms with E-state index in [4.69, 9.17) is 5.26 Å². The zero-order chi connectivity index (χ0) is 16.1. The van der Waals surface area contributed by atoms with Gasteiger partial charge in [0.25, 0.3) is 5.91 Å². The highest BCUT2D eigenvalue weighted by molar-refractivity contribution is 7.10. The summed E-state index contributed by atoms with van der Waals surface area (Å²) in [7, 11) is 2.02. The van der Waals surface area contributed by atoms with Crippen LogP contribution in [0.25, 0.3) is 0 Å². The van der Waals surface area contributed by atoms with Crippen LogP contribution in [0.1, 0.15) is 22.9 Å². The number of likely N-dealkylation sites (N-methyl/N-ethyl adjacent to an activating group) is 1. The number of hydrogen-bond donors (Lipinski definition) is 2. The summed E-state index contributed by atoms with van der Waals surface area (Å²) in [6.07, 6.45) is 0. The standard InChI is InChI=1S/C17H19N3OS/c1-12-7-8-22-16(12)11-20(3)13(2)17(21)19-15-6-4-5-14(9-15)10-18/h4-9,13H,11H2,1-3H3,(H,19,21)/p+1/t13-/m1/s1. The van der Waals surface area contributed by atoms with Crippen molar-refractivity contribution in [2.45, 2.75) is 26.4 Å². The molecular formula is C17H20N3OS+. The van der Waals surface area contributed by atoms with Gasteiger partial charge in [0, 0.05) is 5.69 Å². The van der Waals surface area contributed by atoms with Crippen molar-refractivity contribution in [2.24, 2.45) is 0 Å². The van der Waals surface area contributed by atoms with Crippen molar-refractivity contribution in [3.63, 3.8) is 0 Å². The molecule has 2 aromatic rings. The minimum Gasteiger partial charge on any atom is -0.323 e. The second-order valence-electron chi connectivity index (χ2n) is 5.45. The Morgan fingerprint density at radius 2 is 2.23 bits per heavy atom. The van der Waals surface area contributed by atoms with E-state index in [0.29, 0.717) is 11.3 Å². The molecule has 0 saturated carbocycles. The molecule has 1 unspecified atom stereocenters. The first-order valence-corrected chi connectivity index (χ1v) is 8.05. The summed E-state index contributed by atoms with van der Waals surface area (Å²) in [5.41, 5.74) is 2.48. The maximum absolute atomic E-state index is 12.4. The van der Waals surface area contributed by atoms with Gasteiger partial charge in [-0.3, -0.25) is 4.79 Å². The van der Waals surface area contributed by atoms with Gasteiger partial charge in [0.05, 0.1) is 23.6 Å². The summed E-state index contributed by atoms with van der Waals surface area (Å²) in [6.45, 7) is 4.84. The van der Waals surface area contributed by atoms with Gasteiger partial charge in [-0.05, 0) is 49.1 Å². The summed E-state index contributed by atoms with van der Waals surface area (Å²) in [6, 6.07) is 11.0. The third kappa shape index (κ3) is 3.94. The molecule has 114 valence electrons. The van der Waals surface area contributed by atoms with Gasteiger partial charge in [-0.25, -0.2) is 0 Å². The third-order valence-corrected chi connectivity index (χ3v) is 4.82. The molecule has 2 atom stereocenters. The summed E-state index contributed by atoms with van der Waals surface area (Å²) >= 11 is 1.73. The van der Waals surface area contributed by atoms with Crippen LogP contribution in [0.5, 0.6) is 0 Å². The smallest absolute Gasteiger partial charge is 0.282 e. The summed E-state index contributed by atoms with van der Waals surface area (Å²) in [5, 5.41) is 13.9. The van der Waals surface area contributed by atoms with Crippen molar-refractivity contribution in [3.8, 4) is 6.07 Å². The van der Waals surface area contributed by atoms with Gasteiger partial charge < -0.3 is 10.2 Å². The number of nitriles is 1. The molecule has 5 heteroatoms. The first-order chi connectivity index (χ1) is 10.5. The molecule has 0 saturated heterocycles. The molecule has 22 heavy (non-hydrogen) atoms. The number of nitrogens with zero attached hydrogens (tertiary/aromatic N) is 1. The van der Waals surface area contributed by atoms with Crippen LogP contribution in [0.3, 0.4) is 0 Å². The zero-order valence-electron chi connectivity index (χ0n) is 13.0. The van der Waals surface area contributed by atoms with Gasteiger partial charge in [-0.2, -0.15) is 5.26 Å². The lowest BCUT2D eigenvalue weighted by molar-refractivity contribution is -0.907. The maximum atomic E-state index is 12.4. The monoisotopic (exact) mass is 314 g/mol. The molecule has 0 fully saturated rings. The first kappa shape index (κ1) is 16.2. The number of rotatable bonds is 5. The van der Waals surface area contributed by atoms with Crippen molar-refractivity contribution in [1.82, 2.24) is 0 Å². The molecule has 1 aromatic carbocycles. The van der Waals surface area contributed by atoms with Crippen molar-refractivity contribution in [2.75, 3.05) is 12.4 Å². The van der Waals surface area contributed by atoms with Crippen molar-refractivity contribution in [3.05, 3.63) is 51.7 Å². The van der Waals surface area contributed by atoms with Gasteiger partial charge in [-0.15, -0.1) is 11.3 Å². The second kappa shape index (κ2) is 7.21. The van der Waals surface area contributed by atoms with Crippen LogP contribution >= 0.6 is 11.3 Å². The van der Waals surface area contributed by atoms with Crippen LogP contribution in [0.15, 0.2) is 35.7 Å². The van der Waals surface area contributed by atoms with Gasteiger partial charge >= 0.3 is 0 Å². The Bertz CT molecular complexity index is 702.